The van der Waals surface area contributed by atoms with Crippen molar-refractivity contribution in [3.63, 3.8) is 0 Å². The van der Waals surface area contributed by atoms with Crippen molar-refractivity contribution < 1.29 is 9.18 Å². The van der Waals surface area contributed by atoms with Gasteiger partial charge in [-0.2, -0.15) is 0 Å². The molecule has 0 bridgehead atoms. The first-order valence-corrected chi connectivity index (χ1v) is 5.58. The number of amides is 1. The Balaban J connectivity index is 2.82. The first kappa shape index (κ1) is 12.2. The first-order chi connectivity index (χ1) is 7.04. The molecule has 0 radical (unpaired) electrons. The topological polar surface area (TPSA) is 29.1 Å². The van der Waals surface area contributed by atoms with E-state index in [9.17, 15) is 9.18 Å². The zero-order valence-corrected chi connectivity index (χ0v) is 10.3. The number of carbonyl (C=O) groups excluding carboxylic acids is 1. The van der Waals surface area contributed by atoms with Crippen LogP contribution in [-0.2, 0) is 4.79 Å². The second kappa shape index (κ2) is 5.26. The summed E-state index contributed by atoms with van der Waals surface area (Å²) in [5, 5.41) is 2.71. The molecule has 0 fully saturated rings. The van der Waals surface area contributed by atoms with Gasteiger partial charge in [0.15, 0.2) is 0 Å². The van der Waals surface area contributed by atoms with E-state index >= 15 is 0 Å². The summed E-state index contributed by atoms with van der Waals surface area (Å²) in [7, 11) is 0. The van der Waals surface area contributed by atoms with E-state index < -0.39 is 0 Å². The first-order valence-electron chi connectivity index (χ1n) is 4.79. The van der Waals surface area contributed by atoms with E-state index in [0.29, 0.717) is 16.5 Å². The molecule has 1 aromatic rings. The van der Waals surface area contributed by atoms with Gasteiger partial charge in [-0.3, -0.25) is 4.79 Å². The Morgan fingerprint density at radius 2 is 2.27 bits per heavy atom. The summed E-state index contributed by atoms with van der Waals surface area (Å²) in [6.07, 6.45) is 0.405. The predicted octanol–water partition coefficient (Wildman–Crippen LogP) is 3.18. The van der Waals surface area contributed by atoms with Crippen molar-refractivity contribution >= 4 is 21.8 Å². The lowest BCUT2D eigenvalue weighted by Gasteiger charge is -2.14. The SMILES string of the molecule is CCC(=O)NC(C)c1ccc(Br)cc1F. The molecule has 1 N–H and O–H groups in total. The zero-order chi connectivity index (χ0) is 11.4. The Kier molecular flexibility index (Phi) is 4.27. The molecular weight excluding hydrogens is 261 g/mol. The monoisotopic (exact) mass is 273 g/mol. The lowest BCUT2D eigenvalue weighted by Crippen LogP contribution is -2.26. The van der Waals surface area contributed by atoms with Crippen molar-refractivity contribution in [3.8, 4) is 0 Å². The molecule has 0 spiro atoms. The van der Waals surface area contributed by atoms with Gasteiger partial charge >= 0.3 is 0 Å². The molecule has 15 heavy (non-hydrogen) atoms. The molecule has 2 nitrogen and oxygen atoms in total. The maximum atomic E-state index is 13.5. The molecule has 0 aromatic heterocycles. The highest BCUT2D eigenvalue weighted by Gasteiger charge is 2.12. The van der Waals surface area contributed by atoms with Gasteiger partial charge in [-0.05, 0) is 19.1 Å². The van der Waals surface area contributed by atoms with Crippen molar-refractivity contribution in [2.24, 2.45) is 0 Å². The number of benzene rings is 1. The summed E-state index contributed by atoms with van der Waals surface area (Å²) in [5.74, 6) is -0.391. The molecule has 0 heterocycles. The molecule has 0 saturated heterocycles. The third-order valence-electron chi connectivity index (χ3n) is 2.13. The van der Waals surface area contributed by atoms with Crippen LogP contribution in [0.15, 0.2) is 22.7 Å². The molecule has 1 rings (SSSR count). The van der Waals surface area contributed by atoms with Crippen LogP contribution in [-0.4, -0.2) is 5.91 Å². The summed E-state index contributed by atoms with van der Waals surface area (Å²) in [4.78, 5) is 11.1. The van der Waals surface area contributed by atoms with Gasteiger partial charge in [-0.15, -0.1) is 0 Å². The van der Waals surface area contributed by atoms with Crippen molar-refractivity contribution in [1.82, 2.24) is 5.32 Å². The van der Waals surface area contributed by atoms with E-state index in [-0.39, 0.29) is 17.8 Å². The van der Waals surface area contributed by atoms with Crippen molar-refractivity contribution in [1.29, 1.82) is 0 Å². The van der Waals surface area contributed by atoms with Crippen LogP contribution in [0.25, 0.3) is 0 Å². The van der Waals surface area contributed by atoms with Gasteiger partial charge in [0, 0.05) is 16.5 Å². The highest BCUT2D eigenvalue weighted by molar-refractivity contribution is 9.10. The average molecular weight is 274 g/mol. The quantitative estimate of drug-likeness (QED) is 0.901. The molecule has 0 saturated carbocycles. The lowest BCUT2D eigenvalue weighted by atomic mass is 10.1. The van der Waals surface area contributed by atoms with Crippen LogP contribution in [0.3, 0.4) is 0 Å². The average Bonchev–Trinajstić information content (AvgIpc) is 2.17. The Bertz CT molecular complexity index is 368. The van der Waals surface area contributed by atoms with Crippen LogP contribution in [0, 0.1) is 5.82 Å². The molecule has 1 aromatic carbocycles. The van der Waals surface area contributed by atoms with E-state index in [1.165, 1.54) is 6.07 Å². The van der Waals surface area contributed by atoms with Gasteiger partial charge in [0.05, 0.1) is 6.04 Å². The smallest absolute Gasteiger partial charge is 0.220 e. The van der Waals surface area contributed by atoms with Crippen LogP contribution >= 0.6 is 15.9 Å². The fraction of sp³-hybridized carbons (Fsp3) is 0.364. The number of hydrogen-bond acceptors (Lipinski definition) is 1. The predicted molar refractivity (Wildman–Crippen MR) is 60.9 cm³/mol. The van der Waals surface area contributed by atoms with Gasteiger partial charge in [0.2, 0.25) is 5.91 Å². The second-order valence-corrected chi connectivity index (χ2v) is 4.22. The van der Waals surface area contributed by atoms with Crippen molar-refractivity contribution in [2.45, 2.75) is 26.3 Å². The summed E-state index contributed by atoms with van der Waals surface area (Å²) < 4.78 is 14.2. The minimum absolute atomic E-state index is 0.0789. The highest BCUT2D eigenvalue weighted by atomic mass is 79.9. The summed E-state index contributed by atoms with van der Waals surface area (Å²) in [5.41, 5.74) is 0.500. The molecule has 4 heteroatoms. The van der Waals surface area contributed by atoms with E-state index in [4.69, 9.17) is 0 Å². The number of nitrogens with one attached hydrogen (secondary N) is 1. The standard InChI is InChI=1S/C11H13BrFNO/c1-3-11(15)14-7(2)9-5-4-8(12)6-10(9)13/h4-7H,3H2,1-2H3,(H,14,15). The molecule has 0 aliphatic heterocycles. The molecule has 0 aliphatic carbocycles. The molecule has 1 amide bonds. The zero-order valence-electron chi connectivity index (χ0n) is 8.68. The fourth-order valence-corrected chi connectivity index (χ4v) is 1.61. The van der Waals surface area contributed by atoms with Crippen LogP contribution in [0.5, 0.6) is 0 Å². The molecule has 1 unspecified atom stereocenters. The van der Waals surface area contributed by atoms with E-state index in [0.717, 1.165) is 0 Å². The minimum Gasteiger partial charge on any atom is -0.349 e. The van der Waals surface area contributed by atoms with Gasteiger partial charge in [-0.25, -0.2) is 4.39 Å². The number of carbonyl (C=O) groups is 1. The fourth-order valence-electron chi connectivity index (χ4n) is 1.27. The lowest BCUT2D eigenvalue weighted by molar-refractivity contribution is -0.121. The third kappa shape index (κ3) is 3.30. The van der Waals surface area contributed by atoms with Gasteiger partial charge in [0.1, 0.15) is 5.82 Å². The van der Waals surface area contributed by atoms with Gasteiger partial charge in [0.25, 0.3) is 0 Å². The Hall–Kier alpha value is -0.900. The van der Waals surface area contributed by atoms with E-state index in [2.05, 4.69) is 21.2 Å². The third-order valence-corrected chi connectivity index (χ3v) is 2.62. The van der Waals surface area contributed by atoms with Crippen molar-refractivity contribution in [2.75, 3.05) is 0 Å². The Morgan fingerprint density at radius 1 is 1.60 bits per heavy atom. The molecule has 0 aliphatic rings. The highest BCUT2D eigenvalue weighted by Crippen LogP contribution is 2.20. The molecule has 82 valence electrons. The van der Waals surface area contributed by atoms with Crippen LogP contribution < -0.4 is 5.32 Å². The van der Waals surface area contributed by atoms with Crippen LogP contribution in [0.4, 0.5) is 4.39 Å². The maximum absolute atomic E-state index is 13.5. The Morgan fingerprint density at radius 3 is 2.80 bits per heavy atom. The maximum Gasteiger partial charge on any atom is 0.220 e. The minimum atomic E-state index is -0.312. The number of hydrogen-bond donors (Lipinski definition) is 1. The summed E-state index contributed by atoms with van der Waals surface area (Å²) in [6.45, 7) is 3.53. The number of halogens is 2. The van der Waals surface area contributed by atoms with Gasteiger partial charge in [-0.1, -0.05) is 28.9 Å². The number of rotatable bonds is 3. The van der Waals surface area contributed by atoms with E-state index in [1.54, 1.807) is 26.0 Å². The molecule has 1 atom stereocenters. The van der Waals surface area contributed by atoms with Crippen molar-refractivity contribution in [3.05, 3.63) is 34.1 Å². The van der Waals surface area contributed by atoms with E-state index in [1.807, 2.05) is 0 Å². The summed E-state index contributed by atoms with van der Waals surface area (Å²) >= 11 is 3.18. The largest absolute Gasteiger partial charge is 0.349 e. The van der Waals surface area contributed by atoms with Gasteiger partial charge < -0.3 is 5.32 Å². The normalized spacial score (nSPS) is 12.3. The molecular formula is C11H13BrFNO. The Labute approximate surface area is 97.0 Å². The second-order valence-electron chi connectivity index (χ2n) is 3.31. The summed E-state index contributed by atoms with van der Waals surface area (Å²) in [6, 6.07) is 4.52. The van der Waals surface area contributed by atoms with Crippen LogP contribution in [0.1, 0.15) is 31.9 Å². The van der Waals surface area contributed by atoms with Crippen LogP contribution in [0.2, 0.25) is 0 Å².